The Balaban J connectivity index is 1.76. The van der Waals surface area contributed by atoms with Gasteiger partial charge in [-0.25, -0.2) is 14.6 Å². The normalized spacial score (nSPS) is 10.8. The molecule has 0 aliphatic rings. The van der Waals surface area contributed by atoms with Crippen LogP contribution >= 0.6 is 11.8 Å². The molecule has 1 aromatic carbocycles. The molecule has 0 bridgehead atoms. The van der Waals surface area contributed by atoms with Crippen molar-refractivity contribution >= 4 is 28.8 Å². The van der Waals surface area contributed by atoms with Gasteiger partial charge in [0.25, 0.3) is 0 Å². The molecule has 0 saturated carbocycles. The highest BCUT2D eigenvalue weighted by Crippen LogP contribution is 2.29. The number of carbonyl (C=O) groups excluding carboxylic acids is 1. The maximum Gasteiger partial charge on any atom is 0.316 e. The average Bonchev–Trinajstić information content (AvgIpc) is 3.01. The van der Waals surface area contributed by atoms with E-state index in [1.807, 2.05) is 24.3 Å². The zero-order valence-electron chi connectivity index (χ0n) is 15.3. The van der Waals surface area contributed by atoms with E-state index in [-0.39, 0.29) is 11.7 Å². The molecule has 0 spiro atoms. The number of thioether (sulfide) groups is 1. The number of aromatic nitrogens is 4. The first-order valence-corrected chi connectivity index (χ1v) is 9.32. The molecule has 0 N–H and O–H groups in total. The summed E-state index contributed by atoms with van der Waals surface area (Å²) in [6.07, 6.45) is 1.44. The molecule has 8 nitrogen and oxygen atoms in total. The van der Waals surface area contributed by atoms with Gasteiger partial charge in [-0.3, -0.25) is 4.79 Å². The van der Waals surface area contributed by atoms with Crippen molar-refractivity contribution in [1.82, 2.24) is 19.7 Å². The van der Waals surface area contributed by atoms with E-state index in [4.69, 9.17) is 14.2 Å². The van der Waals surface area contributed by atoms with Crippen LogP contribution in [0.15, 0.2) is 35.6 Å². The lowest BCUT2D eigenvalue weighted by molar-refractivity contribution is -0.139. The second-order valence-corrected chi connectivity index (χ2v) is 6.50. The number of hydrogen-bond donors (Lipinski definition) is 0. The Hall–Kier alpha value is -2.81. The van der Waals surface area contributed by atoms with Crippen molar-refractivity contribution in [3.8, 4) is 11.6 Å². The molecule has 27 heavy (non-hydrogen) atoms. The van der Waals surface area contributed by atoms with Gasteiger partial charge in [0.1, 0.15) is 29.2 Å². The minimum Gasteiger partial charge on any atom is -0.497 e. The van der Waals surface area contributed by atoms with Gasteiger partial charge < -0.3 is 14.2 Å². The lowest BCUT2D eigenvalue weighted by Gasteiger charge is -2.07. The summed E-state index contributed by atoms with van der Waals surface area (Å²) in [5, 5.41) is 5.06. The van der Waals surface area contributed by atoms with Crippen LogP contribution in [0.4, 0.5) is 0 Å². The molecule has 0 fully saturated rings. The van der Waals surface area contributed by atoms with E-state index in [0.29, 0.717) is 35.2 Å². The van der Waals surface area contributed by atoms with E-state index >= 15 is 0 Å². The molecule has 0 radical (unpaired) electrons. The van der Waals surface area contributed by atoms with Crippen molar-refractivity contribution < 1.29 is 19.0 Å². The molecule has 0 amide bonds. The van der Waals surface area contributed by atoms with Gasteiger partial charge in [-0.15, -0.1) is 0 Å². The van der Waals surface area contributed by atoms with E-state index in [0.717, 1.165) is 11.3 Å². The van der Waals surface area contributed by atoms with Gasteiger partial charge in [0.05, 0.1) is 19.5 Å². The summed E-state index contributed by atoms with van der Waals surface area (Å²) in [6.45, 7) is 2.50. The molecular weight excluding hydrogens is 368 g/mol. The topological polar surface area (TPSA) is 88.4 Å². The van der Waals surface area contributed by atoms with E-state index < -0.39 is 0 Å². The largest absolute Gasteiger partial charge is 0.497 e. The molecule has 9 heteroatoms. The van der Waals surface area contributed by atoms with Crippen LogP contribution in [0.5, 0.6) is 11.6 Å². The van der Waals surface area contributed by atoms with Gasteiger partial charge in [0.15, 0.2) is 5.52 Å². The second-order valence-electron chi connectivity index (χ2n) is 5.54. The van der Waals surface area contributed by atoms with Crippen LogP contribution in [0.1, 0.15) is 12.5 Å². The average molecular weight is 388 g/mol. The predicted octanol–water partition coefficient (Wildman–Crippen LogP) is 2.61. The lowest BCUT2D eigenvalue weighted by Crippen LogP contribution is -2.06. The fraction of sp³-hybridized carbons (Fsp3) is 0.333. The first-order chi connectivity index (χ1) is 13.1. The Morgan fingerprint density at radius 3 is 2.67 bits per heavy atom. The molecule has 3 aromatic rings. The van der Waals surface area contributed by atoms with Crippen LogP contribution in [0.25, 0.3) is 11.0 Å². The molecule has 0 aliphatic heterocycles. The van der Waals surface area contributed by atoms with Crippen LogP contribution in [0.3, 0.4) is 0 Å². The van der Waals surface area contributed by atoms with Crippen molar-refractivity contribution in [2.45, 2.75) is 18.6 Å². The summed E-state index contributed by atoms with van der Waals surface area (Å²) in [7, 11) is 3.41. The quantitative estimate of drug-likeness (QED) is 0.331. The van der Waals surface area contributed by atoms with Crippen molar-refractivity contribution in [2.24, 2.45) is 7.05 Å². The van der Waals surface area contributed by atoms with Crippen LogP contribution < -0.4 is 9.47 Å². The first-order valence-electron chi connectivity index (χ1n) is 8.34. The molecule has 0 atom stereocenters. The van der Waals surface area contributed by atoms with E-state index in [9.17, 15) is 4.79 Å². The molecule has 2 heterocycles. The zero-order chi connectivity index (χ0) is 19.2. The Morgan fingerprint density at radius 2 is 1.96 bits per heavy atom. The molecule has 2 aromatic heterocycles. The zero-order valence-corrected chi connectivity index (χ0v) is 16.2. The SMILES string of the molecule is CCOC(=O)CSc1ncnc2c(OCc3ccc(OC)cc3)n(C)nc12. The molecule has 3 rings (SSSR count). The third-order valence-corrected chi connectivity index (χ3v) is 4.65. The van der Waals surface area contributed by atoms with Gasteiger partial charge in [0, 0.05) is 7.05 Å². The molecule has 142 valence electrons. The van der Waals surface area contributed by atoms with Crippen molar-refractivity contribution in [1.29, 1.82) is 0 Å². The number of aryl methyl sites for hydroxylation is 1. The van der Waals surface area contributed by atoms with Gasteiger partial charge in [-0.05, 0) is 24.6 Å². The van der Waals surface area contributed by atoms with Crippen LogP contribution in [0, 0.1) is 0 Å². The number of hydrogen-bond acceptors (Lipinski definition) is 8. The molecule has 0 aliphatic carbocycles. The Bertz CT molecular complexity index is 927. The highest BCUT2D eigenvalue weighted by molar-refractivity contribution is 8.00. The predicted molar refractivity (Wildman–Crippen MR) is 101 cm³/mol. The van der Waals surface area contributed by atoms with Crippen LogP contribution in [-0.2, 0) is 23.2 Å². The van der Waals surface area contributed by atoms with Gasteiger partial charge in [0.2, 0.25) is 5.88 Å². The number of benzene rings is 1. The van der Waals surface area contributed by atoms with Crippen molar-refractivity contribution in [2.75, 3.05) is 19.5 Å². The monoisotopic (exact) mass is 388 g/mol. The summed E-state index contributed by atoms with van der Waals surface area (Å²) in [5.41, 5.74) is 2.20. The highest BCUT2D eigenvalue weighted by atomic mass is 32.2. The second kappa shape index (κ2) is 8.72. The van der Waals surface area contributed by atoms with E-state index in [1.165, 1.54) is 18.1 Å². The Labute approximate surface area is 160 Å². The summed E-state index contributed by atoms with van der Waals surface area (Å²) in [6, 6.07) is 7.64. The maximum atomic E-state index is 11.6. The first kappa shape index (κ1) is 19.0. The molecule has 0 saturated heterocycles. The third kappa shape index (κ3) is 4.48. The van der Waals surface area contributed by atoms with Crippen LogP contribution in [-0.4, -0.2) is 45.2 Å². The maximum absolute atomic E-state index is 11.6. The number of fused-ring (bicyclic) bond motifs is 1. The Kier molecular flexibility index (Phi) is 6.12. The molecular formula is C18H20N4O4S. The minimum atomic E-state index is -0.291. The highest BCUT2D eigenvalue weighted by Gasteiger charge is 2.17. The minimum absolute atomic E-state index is 0.165. The standard InChI is InChI=1S/C18H20N4O4S/c1-4-25-14(23)10-27-17-15-16(19-11-20-17)18(22(2)21-15)26-9-12-5-7-13(24-3)8-6-12/h5-8,11H,4,9-10H2,1-3H3. The number of rotatable bonds is 8. The van der Waals surface area contributed by atoms with E-state index in [1.54, 1.807) is 25.8 Å². The van der Waals surface area contributed by atoms with Crippen molar-refractivity contribution in [3.63, 3.8) is 0 Å². The van der Waals surface area contributed by atoms with Crippen LogP contribution in [0.2, 0.25) is 0 Å². The molecule has 0 unspecified atom stereocenters. The number of nitrogens with zero attached hydrogens (tertiary/aromatic N) is 4. The summed E-state index contributed by atoms with van der Waals surface area (Å²) >= 11 is 1.27. The van der Waals surface area contributed by atoms with Gasteiger partial charge in [-0.2, -0.15) is 5.10 Å². The Morgan fingerprint density at radius 1 is 1.19 bits per heavy atom. The summed E-state index contributed by atoms with van der Waals surface area (Å²) < 4.78 is 17.7. The third-order valence-electron chi connectivity index (χ3n) is 3.70. The van der Waals surface area contributed by atoms with E-state index in [2.05, 4.69) is 15.1 Å². The number of methoxy groups -OCH3 is 1. The number of carbonyl (C=O) groups is 1. The number of ether oxygens (including phenoxy) is 3. The van der Waals surface area contributed by atoms with Crippen molar-refractivity contribution in [3.05, 3.63) is 36.2 Å². The lowest BCUT2D eigenvalue weighted by atomic mass is 10.2. The smallest absolute Gasteiger partial charge is 0.316 e. The fourth-order valence-corrected chi connectivity index (χ4v) is 3.16. The summed E-state index contributed by atoms with van der Waals surface area (Å²) in [5.74, 6) is 1.21. The van der Waals surface area contributed by atoms with Gasteiger partial charge in [-0.1, -0.05) is 23.9 Å². The summed E-state index contributed by atoms with van der Waals surface area (Å²) in [4.78, 5) is 20.1. The number of esters is 1. The van der Waals surface area contributed by atoms with Gasteiger partial charge >= 0.3 is 5.97 Å². The fourth-order valence-electron chi connectivity index (χ4n) is 2.43.